The van der Waals surface area contributed by atoms with Crippen LogP contribution in [0.15, 0.2) is 24.5 Å². The van der Waals surface area contributed by atoms with Crippen molar-refractivity contribution in [3.8, 4) is 0 Å². The molecule has 0 spiro atoms. The van der Waals surface area contributed by atoms with Gasteiger partial charge in [-0.15, -0.1) is 0 Å². The van der Waals surface area contributed by atoms with Crippen molar-refractivity contribution >= 4 is 5.91 Å². The summed E-state index contributed by atoms with van der Waals surface area (Å²) in [5.74, 6) is 0.0522. The van der Waals surface area contributed by atoms with Gasteiger partial charge in [0, 0.05) is 49.7 Å². The molecular weight excluding hydrogens is 302 g/mol. The van der Waals surface area contributed by atoms with E-state index in [1.807, 2.05) is 17.2 Å². The summed E-state index contributed by atoms with van der Waals surface area (Å²) in [7, 11) is 2.09. The van der Waals surface area contributed by atoms with E-state index in [2.05, 4.69) is 33.2 Å². The van der Waals surface area contributed by atoms with Gasteiger partial charge in [-0.3, -0.25) is 14.9 Å². The summed E-state index contributed by atoms with van der Waals surface area (Å²) >= 11 is 0. The molecule has 0 aromatic carbocycles. The fourth-order valence-corrected chi connectivity index (χ4v) is 3.84. The normalized spacial score (nSPS) is 21.5. The molecule has 126 valence electrons. The first-order valence-electron chi connectivity index (χ1n) is 8.69. The van der Waals surface area contributed by atoms with Gasteiger partial charge in [-0.25, -0.2) is 0 Å². The van der Waals surface area contributed by atoms with E-state index in [0.717, 1.165) is 62.1 Å². The highest BCUT2D eigenvalue weighted by Crippen LogP contribution is 2.32. The van der Waals surface area contributed by atoms with E-state index in [9.17, 15) is 4.79 Å². The van der Waals surface area contributed by atoms with Gasteiger partial charge in [-0.2, -0.15) is 5.10 Å². The van der Waals surface area contributed by atoms with Gasteiger partial charge in [0.1, 0.15) is 0 Å². The monoisotopic (exact) mass is 325 g/mol. The molecule has 24 heavy (non-hydrogen) atoms. The van der Waals surface area contributed by atoms with Crippen LogP contribution in [0.25, 0.3) is 0 Å². The Balaban J connectivity index is 1.64. The standard InChI is InChI=1S/C18H23N5O/c1-22-10-7-15-14(12-22)17(21-20-15)18(24)23-9-3-2-6-16(23)13-5-4-8-19-11-13/h4-5,8,11,16H,2-3,6-7,9-10,12H2,1H3,(H,20,21)/t16-/m0/s1. The van der Waals surface area contributed by atoms with Crippen LogP contribution in [0, 0.1) is 0 Å². The smallest absolute Gasteiger partial charge is 0.275 e. The zero-order valence-corrected chi connectivity index (χ0v) is 14.0. The largest absolute Gasteiger partial charge is 0.330 e. The van der Waals surface area contributed by atoms with Crippen molar-refractivity contribution < 1.29 is 4.79 Å². The van der Waals surface area contributed by atoms with Gasteiger partial charge < -0.3 is 9.80 Å². The molecule has 1 amide bonds. The van der Waals surface area contributed by atoms with E-state index < -0.39 is 0 Å². The molecule has 4 heterocycles. The molecule has 0 aliphatic carbocycles. The first-order valence-corrected chi connectivity index (χ1v) is 8.69. The van der Waals surface area contributed by atoms with Crippen LogP contribution in [0.1, 0.15) is 52.6 Å². The van der Waals surface area contributed by atoms with Gasteiger partial charge in [0.25, 0.3) is 5.91 Å². The number of piperidine rings is 1. The number of amides is 1. The highest BCUT2D eigenvalue weighted by Gasteiger charge is 2.33. The van der Waals surface area contributed by atoms with Gasteiger partial charge in [0.05, 0.1) is 6.04 Å². The molecule has 0 unspecified atom stereocenters. The SMILES string of the molecule is CN1CCc2[nH]nc(C(=O)N3CCCC[C@H]3c3cccnc3)c2C1. The summed E-state index contributed by atoms with van der Waals surface area (Å²) in [5.41, 5.74) is 3.91. The second kappa shape index (κ2) is 6.36. The summed E-state index contributed by atoms with van der Waals surface area (Å²) in [5, 5.41) is 7.46. The molecule has 1 saturated heterocycles. The Morgan fingerprint density at radius 1 is 1.33 bits per heavy atom. The van der Waals surface area contributed by atoms with Crippen molar-refractivity contribution in [2.24, 2.45) is 0 Å². The minimum atomic E-state index is 0.0522. The number of aromatic nitrogens is 3. The van der Waals surface area contributed by atoms with Crippen molar-refractivity contribution in [2.45, 2.75) is 38.3 Å². The molecule has 6 nitrogen and oxygen atoms in total. The second-order valence-corrected chi connectivity index (χ2v) is 6.81. The van der Waals surface area contributed by atoms with Crippen LogP contribution in [0.3, 0.4) is 0 Å². The van der Waals surface area contributed by atoms with E-state index in [1.54, 1.807) is 6.20 Å². The molecule has 0 radical (unpaired) electrons. The van der Waals surface area contributed by atoms with Crippen molar-refractivity contribution in [2.75, 3.05) is 20.1 Å². The minimum Gasteiger partial charge on any atom is -0.330 e. The molecule has 2 aliphatic rings. The number of aromatic amines is 1. The first kappa shape index (κ1) is 15.3. The second-order valence-electron chi connectivity index (χ2n) is 6.81. The van der Waals surface area contributed by atoms with Crippen LogP contribution in [0.2, 0.25) is 0 Å². The Morgan fingerprint density at radius 2 is 2.25 bits per heavy atom. The molecule has 2 aliphatic heterocycles. The van der Waals surface area contributed by atoms with Gasteiger partial charge in [0.15, 0.2) is 5.69 Å². The van der Waals surface area contributed by atoms with E-state index in [1.165, 1.54) is 0 Å². The van der Waals surface area contributed by atoms with Crippen molar-refractivity contribution in [3.05, 3.63) is 47.0 Å². The highest BCUT2D eigenvalue weighted by molar-refractivity contribution is 5.94. The number of likely N-dealkylation sites (N-methyl/N-ethyl adjacent to an activating group) is 1. The number of H-pyrrole nitrogens is 1. The number of rotatable bonds is 2. The average Bonchev–Trinajstić information content (AvgIpc) is 3.05. The summed E-state index contributed by atoms with van der Waals surface area (Å²) < 4.78 is 0. The van der Waals surface area contributed by atoms with Gasteiger partial charge in [-0.1, -0.05) is 6.07 Å². The lowest BCUT2D eigenvalue weighted by atomic mass is 9.95. The molecule has 1 fully saturated rings. The number of nitrogens with zero attached hydrogens (tertiary/aromatic N) is 4. The predicted molar refractivity (Wildman–Crippen MR) is 90.5 cm³/mol. The fraction of sp³-hybridized carbons (Fsp3) is 0.500. The minimum absolute atomic E-state index is 0.0522. The van der Waals surface area contributed by atoms with Gasteiger partial charge >= 0.3 is 0 Å². The summed E-state index contributed by atoms with van der Waals surface area (Å²) in [6, 6.07) is 4.11. The molecule has 0 bridgehead atoms. The van der Waals surface area contributed by atoms with Crippen molar-refractivity contribution in [1.29, 1.82) is 0 Å². The zero-order valence-electron chi connectivity index (χ0n) is 14.0. The van der Waals surface area contributed by atoms with E-state index >= 15 is 0 Å². The lowest BCUT2D eigenvalue weighted by Gasteiger charge is -2.36. The number of carbonyl (C=O) groups is 1. The van der Waals surface area contributed by atoms with Crippen LogP contribution in [0.5, 0.6) is 0 Å². The molecule has 2 aromatic rings. The van der Waals surface area contributed by atoms with Crippen LogP contribution < -0.4 is 0 Å². The Labute approximate surface area is 141 Å². The molecule has 6 heteroatoms. The van der Waals surface area contributed by atoms with Gasteiger partial charge in [0.2, 0.25) is 0 Å². The maximum Gasteiger partial charge on any atom is 0.275 e. The number of fused-ring (bicyclic) bond motifs is 1. The quantitative estimate of drug-likeness (QED) is 0.919. The number of carbonyl (C=O) groups excluding carboxylic acids is 1. The number of nitrogens with one attached hydrogen (secondary N) is 1. The van der Waals surface area contributed by atoms with Crippen molar-refractivity contribution in [3.63, 3.8) is 0 Å². The Kier molecular flexibility index (Phi) is 4.06. The fourth-order valence-electron chi connectivity index (χ4n) is 3.84. The molecule has 1 atom stereocenters. The Hall–Kier alpha value is -2.21. The molecule has 2 aromatic heterocycles. The maximum atomic E-state index is 13.2. The molecule has 4 rings (SSSR count). The van der Waals surface area contributed by atoms with E-state index in [0.29, 0.717) is 5.69 Å². The summed E-state index contributed by atoms with van der Waals surface area (Å²) in [6.45, 7) is 2.58. The highest BCUT2D eigenvalue weighted by atomic mass is 16.2. The third-order valence-corrected chi connectivity index (χ3v) is 5.16. The van der Waals surface area contributed by atoms with Crippen LogP contribution in [-0.4, -0.2) is 51.0 Å². The topological polar surface area (TPSA) is 65.1 Å². The van der Waals surface area contributed by atoms with E-state index in [-0.39, 0.29) is 11.9 Å². The van der Waals surface area contributed by atoms with E-state index in [4.69, 9.17) is 0 Å². The average molecular weight is 325 g/mol. The van der Waals surface area contributed by atoms with Crippen LogP contribution >= 0.6 is 0 Å². The lowest BCUT2D eigenvalue weighted by molar-refractivity contribution is 0.0602. The summed E-state index contributed by atoms with van der Waals surface area (Å²) in [6.07, 6.45) is 7.77. The number of pyridine rings is 1. The third-order valence-electron chi connectivity index (χ3n) is 5.16. The predicted octanol–water partition coefficient (Wildman–Crippen LogP) is 2.16. The summed E-state index contributed by atoms with van der Waals surface area (Å²) in [4.78, 5) is 21.7. The van der Waals surface area contributed by atoms with Crippen LogP contribution in [-0.2, 0) is 13.0 Å². The Bertz CT molecular complexity index is 726. The number of hydrogen-bond donors (Lipinski definition) is 1. The number of likely N-dealkylation sites (tertiary alicyclic amines) is 1. The van der Waals surface area contributed by atoms with Crippen molar-refractivity contribution in [1.82, 2.24) is 25.0 Å². The maximum absolute atomic E-state index is 13.2. The molecule has 0 saturated carbocycles. The van der Waals surface area contributed by atoms with Crippen LogP contribution in [0.4, 0.5) is 0 Å². The zero-order chi connectivity index (χ0) is 16.5. The molecular formula is C18H23N5O. The lowest BCUT2D eigenvalue weighted by Crippen LogP contribution is -2.39. The van der Waals surface area contributed by atoms with Gasteiger partial charge in [-0.05, 0) is 37.9 Å². The number of hydrogen-bond acceptors (Lipinski definition) is 4. The third kappa shape index (κ3) is 2.71. The molecule has 1 N–H and O–H groups in total. The Morgan fingerprint density at radius 3 is 3.08 bits per heavy atom. The first-order chi connectivity index (χ1) is 11.7.